The van der Waals surface area contributed by atoms with Crippen molar-refractivity contribution >= 4 is 11.8 Å². The fraction of sp³-hybridized carbons (Fsp3) is 0.440. The highest BCUT2D eigenvalue weighted by molar-refractivity contribution is 5.80. The van der Waals surface area contributed by atoms with E-state index in [9.17, 15) is 14.0 Å². The Bertz CT molecular complexity index is 997. The highest BCUT2D eigenvalue weighted by Crippen LogP contribution is 2.31. The lowest BCUT2D eigenvalue weighted by Crippen LogP contribution is -2.44. The molecule has 2 aromatic carbocycles. The lowest BCUT2D eigenvalue weighted by atomic mass is 9.85. The van der Waals surface area contributed by atoms with Crippen LogP contribution in [0.2, 0.25) is 0 Å². The third-order valence-corrected chi connectivity index (χ3v) is 6.03. The van der Waals surface area contributed by atoms with Gasteiger partial charge in [-0.15, -0.1) is 0 Å². The van der Waals surface area contributed by atoms with Crippen LogP contribution in [0.15, 0.2) is 36.4 Å². The predicted molar refractivity (Wildman–Crippen MR) is 122 cm³/mol. The summed E-state index contributed by atoms with van der Waals surface area (Å²) in [6, 6.07) is 10.3. The van der Waals surface area contributed by atoms with Gasteiger partial charge in [-0.3, -0.25) is 9.59 Å². The lowest BCUT2D eigenvalue weighted by Gasteiger charge is -2.29. The molecule has 0 bridgehead atoms. The van der Waals surface area contributed by atoms with E-state index in [-0.39, 0.29) is 24.0 Å². The number of carbonyl (C=O) groups excluding carboxylic acids is 2. The largest absolute Gasteiger partial charge is 0.497 e. The van der Waals surface area contributed by atoms with Crippen molar-refractivity contribution in [1.29, 1.82) is 0 Å². The third-order valence-electron chi connectivity index (χ3n) is 6.03. The number of amides is 2. The number of hydrogen-bond donors (Lipinski definition) is 2. The fourth-order valence-electron chi connectivity index (χ4n) is 4.22. The second-order valence-corrected chi connectivity index (χ2v) is 8.25. The number of ether oxygens (including phenoxy) is 3. The number of benzene rings is 2. The molecule has 0 aliphatic carbocycles. The smallest absolute Gasteiger partial charge is 0.220 e. The maximum absolute atomic E-state index is 13.8. The van der Waals surface area contributed by atoms with Crippen molar-refractivity contribution in [2.45, 2.75) is 44.1 Å². The van der Waals surface area contributed by atoms with Crippen LogP contribution in [-0.4, -0.2) is 45.2 Å². The first-order chi connectivity index (χ1) is 15.9. The molecule has 2 N–H and O–H groups in total. The second-order valence-electron chi connectivity index (χ2n) is 8.25. The zero-order valence-corrected chi connectivity index (χ0v) is 19.3. The Labute approximate surface area is 193 Å². The van der Waals surface area contributed by atoms with E-state index in [1.54, 1.807) is 26.4 Å². The van der Waals surface area contributed by atoms with Gasteiger partial charge in [0.2, 0.25) is 11.8 Å². The molecular formula is C25H31FN2O5. The molecule has 1 fully saturated rings. The summed E-state index contributed by atoms with van der Waals surface area (Å²) in [7, 11) is 4.62. The third kappa shape index (κ3) is 6.37. The molecule has 0 radical (unpaired) electrons. The summed E-state index contributed by atoms with van der Waals surface area (Å²) in [5.74, 6) is 1.04. The summed E-state index contributed by atoms with van der Waals surface area (Å²) < 4.78 is 29.4. The molecule has 1 heterocycles. The molecule has 0 spiro atoms. The zero-order chi connectivity index (χ0) is 23.8. The van der Waals surface area contributed by atoms with Crippen LogP contribution >= 0.6 is 0 Å². The van der Waals surface area contributed by atoms with Crippen LogP contribution in [0.3, 0.4) is 0 Å². The zero-order valence-electron chi connectivity index (χ0n) is 19.3. The minimum absolute atomic E-state index is 0.0314. The second kappa shape index (κ2) is 11.0. The maximum atomic E-state index is 13.8. The molecular weight excluding hydrogens is 427 g/mol. The molecule has 1 saturated heterocycles. The topological polar surface area (TPSA) is 85.9 Å². The first-order valence-corrected chi connectivity index (χ1v) is 11.0. The molecule has 0 saturated carbocycles. The highest BCUT2D eigenvalue weighted by atomic mass is 19.1. The molecule has 1 aliphatic heterocycles. The fourth-order valence-corrected chi connectivity index (χ4v) is 4.22. The van der Waals surface area contributed by atoms with Crippen molar-refractivity contribution in [3.8, 4) is 17.2 Å². The number of halogens is 1. The maximum Gasteiger partial charge on any atom is 0.220 e. The van der Waals surface area contributed by atoms with Gasteiger partial charge in [0.1, 0.15) is 11.5 Å². The van der Waals surface area contributed by atoms with Crippen LogP contribution in [0.1, 0.15) is 36.8 Å². The first-order valence-electron chi connectivity index (χ1n) is 11.0. The summed E-state index contributed by atoms with van der Waals surface area (Å²) in [6.07, 6.45) is 2.94. The number of nitrogens with one attached hydrogen (secondary N) is 2. The van der Waals surface area contributed by atoms with E-state index in [0.717, 1.165) is 11.1 Å². The Morgan fingerprint density at radius 2 is 1.88 bits per heavy atom. The van der Waals surface area contributed by atoms with Crippen molar-refractivity contribution in [2.24, 2.45) is 0 Å². The van der Waals surface area contributed by atoms with Gasteiger partial charge in [-0.2, -0.15) is 0 Å². The van der Waals surface area contributed by atoms with Gasteiger partial charge in [0.05, 0.1) is 21.3 Å². The van der Waals surface area contributed by atoms with E-state index < -0.39 is 11.4 Å². The van der Waals surface area contributed by atoms with Crippen molar-refractivity contribution in [2.75, 3.05) is 27.9 Å². The number of hydrogen-bond acceptors (Lipinski definition) is 5. The Morgan fingerprint density at radius 3 is 2.55 bits per heavy atom. The molecule has 2 aromatic rings. The molecule has 3 rings (SSSR count). The summed E-state index contributed by atoms with van der Waals surface area (Å²) in [5, 5.41) is 5.99. The van der Waals surface area contributed by atoms with Gasteiger partial charge in [-0.1, -0.05) is 12.1 Å². The van der Waals surface area contributed by atoms with Crippen molar-refractivity contribution in [3.05, 3.63) is 53.3 Å². The van der Waals surface area contributed by atoms with Crippen LogP contribution in [0, 0.1) is 5.82 Å². The van der Waals surface area contributed by atoms with E-state index in [2.05, 4.69) is 10.6 Å². The van der Waals surface area contributed by atoms with E-state index in [1.807, 2.05) is 18.2 Å². The summed E-state index contributed by atoms with van der Waals surface area (Å²) >= 11 is 0. The standard InChI is InChI=1S/C25H31FN2O5/c1-31-19-6-5-18(21(15-19)32-2)10-13-27-23(29)8-11-25(12-9-24(30)28-25)16-17-4-7-20(26)22(14-17)33-3/h4-7,14-15H,8-13,16H2,1-3H3,(H,27,29)(H,28,30). The Morgan fingerprint density at radius 1 is 1.09 bits per heavy atom. The minimum Gasteiger partial charge on any atom is -0.497 e. The van der Waals surface area contributed by atoms with Gasteiger partial charge in [0.25, 0.3) is 0 Å². The molecule has 8 heteroatoms. The van der Waals surface area contributed by atoms with Crippen molar-refractivity contribution < 1.29 is 28.2 Å². The monoisotopic (exact) mass is 458 g/mol. The van der Waals surface area contributed by atoms with Gasteiger partial charge >= 0.3 is 0 Å². The summed E-state index contributed by atoms with van der Waals surface area (Å²) in [6.45, 7) is 0.468. The summed E-state index contributed by atoms with van der Waals surface area (Å²) in [4.78, 5) is 24.5. The van der Waals surface area contributed by atoms with E-state index >= 15 is 0 Å². The quantitative estimate of drug-likeness (QED) is 0.540. The minimum atomic E-state index is -0.531. The Hall–Kier alpha value is -3.29. The van der Waals surface area contributed by atoms with Gasteiger partial charge in [0.15, 0.2) is 11.6 Å². The van der Waals surface area contributed by atoms with Crippen LogP contribution in [0.25, 0.3) is 0 Å². The molecule has 1 unspecified atom stereocenters. The summed E-state index contributed by atoms with van der Waals surface area (Å²) in [5.41, 5.74) is 1.29. The first kappa shape index (κ1) is 24.4. The average molecular weight is 459 g/mol. The highest BCUT2D eigenvalue weighted by Gasteiger charge is 2.38. The van der Waals surface area contributed by atoms with Crippen LogP contribution in [0.5, 0.6) is 17.2 Å². The van der Waals surface area contributed by atoms with Crippen LogP contribution < -0.4 is 24.8 Å². The predicted octanol–water partition coefficient (Wildman–Crippen LogP) is 3.18. The van der Waals surface area contributed by atoms with E-state index in [0.29, 0.717) is 50.1 Å². The molecule has 0 aromatic heterocycles. The number of rotatable bonds is 11. The van der Waals surface area contributed by atoms with Crippen molar-refractivity contribution in [3.63, 3.8) is 0 Å². The molecule has 33 heavy (non-hydrogen) atoms. The SMILES string of the molecule is COc1ccc(CCNC(=O)CCC2(Cc3ccc(F)c(OC)c3)CCC(=O)N2)c(OC)c1. The van der Waals surface area contributed by atoms with Crippen LogP contribution in [-0.2, 0) is 22.4 Å². The van der Waals surface area contributed by atoms with Gasteiger partial charge in [-0.25, -0.2) is 4.39 Å². The Kier molecular flexibility index (Phi) is 8.14. The lowest BCUT2D eigenvalue weighted by molar-refractivity contribution is -0.122. The van der Waals surface area contributed by atoms with Crippen molar-refractivity contribution in [1.82, 2.24) is 10.6 Å². The number of carbonyl (C=O) groups is 2. The molecule has 1 aliphatic rings. The molecule has 1 atom stereocenters. The molecule has 2 amide bonds. The Balaban J connectivity index is 1.56. The van der Waals surface area contributed by atoms with E-state index in [1.165, 1.54) is 13.2 Å². The van der Waals surface area contributed by atoms with Gasteiger partial charge < -0.3 is 24.8 Å². The molecule has 7 nitrogen and oxygen atoms in total. The molecule has 178 valence electrons. The normalized spacial score (nSPS) is 17.4. The van der Waals surface area contributed by atoms with Gasteiger partial charge in [-0.05, 0) is 55.0 Å². The van der Waals surface area contributed by atoms with Gasteiger partial charge in [0, 0.05) is 31.0 Å². The van der Waals surface area contributed by atoms with E-state index in [4.69, 9.17) is 14.2 Å². The number of methoxy groups -OCH3 is 3. The van der Waals surface area contributed by atoms with Crippen LogP contribution in [0.4, 0.5) is 4.39 Å². The average Bonchev–Trinajstić information content (AvgIpc) is 3.19.